The van der Waals surface area contributed by atoms with Crippen LogP contribution in [0.25, 0.3) is 0 Å². The Balaban J connectivity index is 2.07. The summed E-state index contributed by atoms with van der Waals surface area (Å²) in [4.78, 5) is 0. The molecule has 1 aromatic heterocycles. The molecule has 90 valence electrons. The zero-order chi connectivity index (χ0) is 12.1. The molecule has 0 bridgehead atoms. The number of nitrogens with zero attached hydrogens (tertiary/aromatic N) is 3. The highest BCUT2D eigenvalue weighted by molar-refractivity contribution is 5.13. The van der Waals surface area contributed by atoms with Gasteiger partial charge in [0.25, 0.3) is 0 Å². The van der Waals surface area contributed by atoms with Crippen molar-refractivity contribution >= 4 is 0 Å². The smallest absolute Gasteiger partial charge is 0.137 e. The lowest BCUT2D eigenvalue weighted by atomic mass is 10.2. The van der Waals surface area contributed by atoms with Crippen molar-refractivity contribution in [1.29, 1.82) is 0 Å². The van der Waals surface area contributed by atoms with E-state index in [-0.39, 0.29) is 0 Å². The minimum atomic E-state index is 0.848. The number of hydrogen-bond acceptors (Lipinski definition) is 1. The van der Waals surface area contributed by atoms with E-state index in [0.717, 1.165) is 13.0 Å². The van der Waals surface area contributed by atoms with Gasteiger partial charge in [-0.15, -0.1) is 9.36 Å². The Morgan fingerprint density at radius 1 is 1.24 bits per heavy atom. The summed E-state index contributed by atoms with van der Waals surface area (Å²) >= 11 is 0. The molecule has 17 heavy (non-hydrogen) atoms. The van der Waals surface area contributed by atoms with Crippen LogP contribution in [0.1, 0.15) is 31.0 Å². The molecule has 3 nitrogen and oxygen atoms in total. The van der Waals surface area contributed by atoms with Gasteiger partial charge < -0.3 is 0 Å². The molecule has 0 N–H and O–H groups in total. The van der Waals surface area contributed by atoms with Crippen molar-refractivity contribution in [1.82, 2.24) is 9.90 Å². The van der Waals surface area contributed by atoms with E-state index >= 15 is 0 Å². The van der Waals surface area contributed by atoms with Crippen LogP contribution in [-0.2, 0) is 20.0 Å². The zero-order valence-electron chi connectivity index (χ0n) is 10.6. The van der Waals surface area contributed by atoms with Gasteiger partial charge in [-0.05, 0) is 12.0 Å². The Hall–Kier alpha value is -1.64. The van der Waals surface area contributed by atoms with E-state index in [0.29, 0.717) is 0 Å². The van der Waals surface area contributed by atoms with Crippen molar-refractivity contribution < 1.29 is 4.68 Å². The number of benzene rings is 1. The Morgan fingerprint density at radius 2 is 2.00 bits per heavy atom. The maximum absolute atomic E-state index is 4.49. The lowest BCUT2D eigenvalue weighted by Crippen LogP contribution is -2.36. The molecule has 0 saturated heterocycles. The quantitative estimate of drug-likeness (QED) is 0.721. The van der Waals surface area contributed by atoms with Gasteiger partial charge in [0.1, 0.15) is 13.6 Å². The molecule has 1 aromatic carbocycles. The molecule has 0 aliphatic rings. The summed E-state index contributed by atoms with van der Waals surface area (Å²) in [5, 5.41) is 4.49. The first-order valence-corrected chi connectivity index (χ1v) is 6.26. The molecule has 0 amide bonds. The monoisotopic (exact) mass is 230 g/mol. The standard InChI is InChI=1S/C14H20N3/c1-3-4-10-14-12-17(15-16(14)2)11-13-8-6-5-7-9-13/h5-9,12H,3-4,10-11H2,1-2H3/q+1. The maximum Gasteiger partial charge on any atom is 0.167 e. The largest absolute Gasteiger partial charge is 0.167 e. The summed E-state index contributed by atoms with van der Waals surface area (Å²) in [7, 11) is 2.02. The number of aryl methyl sites for hydroxylation is 2. The highest BCUT2D eigenvalue weighted by Crippen LogP contribution is 2.02. The molecule has 3 heteroatoms. The van der Waals surface area contributed by atoms with E-state index in [2.05, 4.69) is 42.6 Å². The van der Waals surface area contributed by atoms with E-state index in [1.165, 1.54) is 24.1 Å². The maximum atomic E-state index is 4.49. The Kier molecular flexibility index (Phi) is 3.91. The van der Waals surface area contributed by atoms with Crippen molar-refractivity contribution in [3.63, 3.8) is 0 Å². The number of unbranched alkanes of at least 4 members (excludes halogenated alkanes) is 1. The third-order valence-corrected chi connectivity index (χ3v) is 2.94. The number of aromatic nitrogens is 3. The van der Waals surface area contributed by atoms with Gasteiger partial charge >= 0.3 is 0 Å². The van der Waals surface area contributed by atoms with Crippen LogP contribution in [0.4, 0.5) is 0 Å². The van der Waals surface area contributed by atoms with E-state index in [1.807, 2.05) is 22.5 Å². The van der Waals surface area contributed by atoms with Crippen LogP contribution in [0.15, 0.2) is 36.5 Å². The average Bonchev–Trinajstić information content (AvgIpc) is 2.68. The summed E-state index contributed by atoms with van der Waals surface area (Å²) in [6.45, 7) is 3.06. The van der Waals surface area contributed by atoms with Crippen LogP contribution < -0.4 is 4.68 Å². The third kappa shape index (κ3) is 3.16. The fourth-order valence-corrected chi connectivity index (χ4v) is 1.94. The fourth-order valence-electron chi connectivity index (χ4n) is 1.94. The van der Waals surface area contributed by atoms with E-state index in [9.17, 15) is 0 Å². The van der Waals surface area contributed by atoms with Crippen LogP contribution in [0.3, 0.4) is 0 Å². The lowest BCUT2D eigenvalue weighted by molar-refractivity contribution is -0.747. The topological polar surface area (TPSA) is 21.7 Å². The number of rotatable bonds is 5. The van der Waals surface area contributed by atoms with Crippen molar-refractivity contribution in [2.75, 3.05) is 0 Å². The van der Waals surface area contributed by atoms with E-state index in [1.54, 1.807) is 0 Å². The Bertz CT molecular complexity index is 460. The normalized spacial score (nSPS) is 10.7. The molecule has 0 unspecified atom stereocenters. The molecular weight excluding hydrogens is 210 g/mol. The second-order valence-electron chi connectivity index (χ2n) is 4.42. The second-order valence-corrected chi connectivity index (χ2v) is 4.42. The highest BCUT2D eigenvalue weighted by atomic mass is 15.5. The van der Waals surface area contributed by atoms with Gasteiger partial charge in [-0.25, -0.2) is 0 Å². The van der Waals surface area contributed by atoms with E-state index < -0.39 is 0 Å². The number of hydrogen-bond donors (Lipinski definition) is 0. The van der Waals surface area contributed by atoms with Gasteiger partial charge in [-0.2, -0.15) is 0 Å². The summed E-state index contributed by atoms with van der Waals surface area (Å²) in [5.74, 6) is 0. The van der Waals surface area contributed by atoms with Gasteiger partial charge in [-0.1, -0.05) is 43.7 Å². The van der Waals surface area contributed by atoms with Gasteiger partial charge in [0.15, 0.2) is 11.9 Å². The van der Waals surface area contributed by atoms with Crippen molar-refractivity contribution in [2.24, 2.45) is 7.05 Å². The molecule has 2 aromatic rings. The van der Waals surface area contributed by atoms with Gasteiger partial charge in [0.2, 0.25) is 0 Å². The minimum absolute atomic E-state index is 0.848. The van der Waals surface area contributed by atoms with Crippen molar-refractivity contribution in [3.05, 3.63) is 47.8 Å². The second kappa shape index (κ2) is 5.62. The molecule has 0 aliphatic carbocycles. The fraction of sp³-hybridized carbons (Fsp3) is 0.429. The lowest BCUT2D eigenvalue weighted by Gasteiger charge is -1.93. The van der Waals surface area contributed by atoms with Crippen LogP contribution in [0.5, 0.6) is 0 Å². The zero-order valence-corrected chi connectivity index (χ0v) is 10.6. The summed E-state index contributed by atoms with van der Waals surface area (Å²) < 4.78 is 4.00. The summed E-state index contributed by atoms with van der Waals surface area (Å²) in [5.41, 5.74) is 2.60. The van der Waals surface area contributed by atoms with Gasteiger partial charge in [0.05, 0.1) is 5.21 Å². The first kappa shape index (κ1) is 11.8. The van der Waals surface area contributed by atoms with E-state index in [4.69, 9.17) is 0 Å². The highest BCUT2D eigenvalue weighted by Gasteiger charge is 2.11. The molecular formula is C14H20N3+. The summed E-state index contributed by atoms with van der Waals surface area (Å²) in [6.07, 6.45) is 5.72. The predicted octanol–water partition coefficient (Wildman–Crippen LogP) is 2.10. The van der Waals surface area contributed by atoms with Gasteiger partial charge in [0, 0.05) is 6.42 Å². The average molecular weight is 230 g/mol. The third-order valence-electron chi connectivity index (χ3n) is 2.94. The first-order chi connectivity index (χ1) is 8.29. The van der Waals surface area contributed by atoms with Crippen LogP contribution in [-0.4, -0.2) is 9.90 Å². The predicted molar refractivity (Wildman–Crippen MR) is 67.6 cm³/mol. The van der Waals surface area contributed by atoms with Crippen LogP contribution in [0, 0.1) is 0 Å². The molecule has 0 aliphatic heterocycles. The Labute approximate surface area is 103 Å². The van der Waals surface area contributed by atoms with Crippen molar-refractivity contribution in [2.45, 2.75) is 32.7 Å². The molecule has 0 spiro atoms. The first-order valence-electron chi connectivity index (χ1n) is 6.26. The molecule has 2 rings (SSSR count). The Morgan fingerprint density at radius 3 is 2.71 bits per heavy atom. The molecule has 1 heterocycles. The van der Waals surface area contributed by atoms with Gasteiger partial charge in [-0.3, -0.25) is 0 Å². The summed E-state index contributed by atoms with van der Waals surface area (Å²) in [6, 6.07) is 10.4. The van der Waals surface area contributed by atoms with Crippen molar-refractivity contribution in [3.8, 4) is 0 Å². The SMILES string of the molecule is CCCCc1c[n+](Cc2ccccc2)nn1C. The van der Waals surface area contributed by atoms with Crippen LogP contribution >= 0.6 is 0 Å². The minimum Gasteiger partial charge on any atom is -0.137 e. The molecule has 0 atom stereocenters. The molecule has 0 radical (unpaired) electrons. The molecule has 0 saturated carbocycles. The van der Waals surface area contributed by atoms with Crippen LogP contribution in [0.2, 0.25) is 0 Å². The molecule has 0 fully saturated rings.